The Morgan fingerprint density at radius 2 is 2.05 bits per heavy atom. The molecule has 1 heterocycles. The second kappa shape index (κ2) is 6.70. The Balaban J connectivity index is 1.92. The molecule has 1 aliphatic rings. The van der Waals surface area contributed by atoms with Crippen LogP contribution in [-0.2, 0) is 9.53 Å². The zero-order chi connectivity index (χ0) is 14.7. The van der Waals surface area contributed by atoms with E-state index < -0.39 is 0 Å². The molecule has 1 N–H and O–H groups in total. The number of benzene rings is 1. The molecule has 0 saturated carbocycles. The van der Waals surface area contributed by atoms with Gasteiger partial charge in [0.1, 0.15) is 0 Å². The minimum atomic E-state index is 0.0100. The van der Waals surface area contributed by atoms with Crippen LogP contribution in [0.2, 0.25) is 0 Å². The zero-order valence-corrected chi connectivity index (χ0v) is 13.7. The van der Waals surface area contributed by atoms with Crippen molar-refractivity contribution in [3.8, 4) is 0 Å². The summed E-state index contributed by atoms with van der Waals surface area (Å²) in [6, 6.07) is 5.90. The van der Waals surface area contributed by atoms with Gasteiger partial charge < -0.3 is 10.1 Å². The number of hydrogen-bond donors (Lipinski definition) is 1. The Bertz CT molecular complexity index is 483. The highest BCUT2D eigenvalue weighted by atomic mass is 79.9. The van der Waals surface area contributed by atoms with E-state index >= 15 is 0 Å². The number of carbonyl (C=O) groups excluding carboxylic acids is 1. The molecule has 110 valence electrons. The van der Waals surface area contributed by atoms with Crippen molar-refractivity contribution in [2.24, 2.45) is 0 Å². The van der Waals surface area contributed by atoms with E-state index in [1.54, 1.807) is 0 Å². The zero-order valence-electron chi connectivity index (χ0n) is 12.1. The highest BCUT2D eigenvalue weighted by Gasteiger charge is 2.23. The summed E-state index contributed by atoms with van der Waals surface area (Å²) >= 11 is 3.47. The third kappa shape index (κ3) is 4.30. The first kappa shape index (κ1) is 15.5. The van der Waals surface area contributed by atoms with Gasteiger partial charge in [-0.05, 0) is 54.4 Å². The van der Waals surface area contributed by atoms with Crippen molar-refractivity contribution in [3.63, 3.8) is 0 Å². The summed E-state index contributed by atoms with van der Waals surface area (Å²) < 4.78 is 6.58. The van der Waals surface area contributed by atoms with Crippen LogP contribution in [0, 0.1) is 6.92 Å². The lowest BCUT2D eigenvalue weighted by atomic mass is 10.2. The number of halogens is 1. The lowest BCUT2D eigenvalue weighted by Gasteiger charge is -2.34. The molecule has 2 unspecified atom stereocenters. The van der Waals surface area contributed by atoms with Gasteiger partial charge in [0.05, 0.1) is 24.4 Å². The summed E-state index contributed by atoms with van der Waals surface area (Å²) in [6.45, 7) is 8.10. The van der Waals surface area contributed by atoms with Crippen LogP contribution in [0.4, 0.5) is 5.69 Å². The molecule has 1 aromatic carbocycles. The molecule has 5 heteroatoms. The molecule has 0 aliphatic carbocycles. The standard InChI is InChI=1S/C15H21BrN2O2/c1-10-4-5-14(13(16)6-10)17-15(19)9-18-7-11(2)20-12(3)8-18/h4-6,11-12H,7-9H2,1-3H3,(H,17,19). The Labute approximate surface area is 128 Å². The number of nitrogens with one attached hydrogen (secondary N) is 1. The minimum absolute atomic E-state index is 0.0100. The number of ether oxygens (including phenoxy) is 1. The second-order valence-corrected chi connectivity index (χ2v) is 6.34. The monoisotopic (exact) mass is 340 g/mol. The molecule has 1 aromatic rings. The first-order chi connectivity index (χ1) is 9.44. The van der Waals surface area contributed by atoms with Crippen molar-refractivity contribution in [3.05, 3.63) is 28.2 Å². The molecule has 1 saturated heterocycles. The quantitative estimate of drug-likeness (QED) is 0.919. The van der Waals surface area contributed by atoms with Gasteiger partial charge in [0.15, 0.2) is 0 Å². The van der Waals surface area contributed by atoms with E-state index in [0.29, 0.717) is 6.54 Å². The third-order valence-electron chi connectivity index (χ3n) is 3.26. The van der Waals surface area contributed by atoms with Crippen LogP contribution in [-0.4, -0.2) is 42.6 Å². The molecule has 4 nitrogen and oxygen atoms in total. The molecule has 20 heavy (non-hydrogen) atoms. The SMILES string of the molecule is Cc1ccc(NC(=O)CN2CC(C)OC(C)C2)c(Br)c1. The van der Waals surface area contributed by atoms with Gasteiger partial charge >= 0.3 is 0 Å². The Morgan fingerprint density at radius 1 is 1.40 bits per heavy atom. The van der Waals surface area contributed by atoms with Gasteiger partial charge in [0, 0.05) is 17.6 Å². The topological polar surface area (TPSA) is 41.6 Å². The summed E-state index contributed by atoms with van der Waals surface area (Å²) in [6.07, 6.45) is 0.357. The van der Waals surface area contributed by atoms with Gasteiger partial charge in [-0.25, -0.2) is 0 Å². The Morgan fingerprint density at radius 3 is 2.65 bits per heavy atom. The summed E-state index contributed by atoms with van der Waals surface area (Å²) in [5, 5.41) is 2.95. The molecular formula is C15H21BrN2O2. The van der Waals surface area contributed by atoms with E-state index in [4.69, 9.17) is 4.74 Å². The maximum atomic E-state index is 12.1. The summed E-state index contributed by atoms with van der Waals surface area (Å²) in [4.78, 5) is 14.3. The van der Waals surface area contributed by atoms with Gasteiger partial charge in [-0.1, -0.05) is 6.07 Å². The molecule has 1 aliphatic heterocycles. The predicted molar refractivity (Wildman–Crippen MR) is 84.0 cm³/mol. The van der Waals surface area contributed by atoms with E-state index in [2.05, 4.69) is 26.1 Å². The van der Waals surface area contributed by atoms with Gasteiger partial charge in [0.25, 0.3) is 0 Å². The molecule has 2 rings (SSSR count). The van der Waals surface area contributed by atoms with Gasteiger partial charge in [0.2, 0.25) is 5.91 Å². The summed E-state index contributed by atoms with van der Waals surface area (Å²) in [5.41, 5.74) is 1.97. The van der Waals surface area contributed by atoms with Crippen LogP contribution in [0.3, 0.4) is 0 Å². The van der Waals surface area contributed by atoms with Crippen molar-refractivity contribution in [1.82, 2.24) is 4.90 Å². The number of carbonyl (C=O) groups is 1. The number of morpholine rings is 1. The lowest BCUT2D eigenvalue weighted by molar-refractivity contribution is -0.121. The maximum absolute atomic E-state index is 12.1. The van der Waals surface area contributed by atoms with Crippen LogP contribution < -0.4 is 5.32 Å². The fourth-order valence-electron chi connectivity index (χ4n) is 2.53. The Kier molecular flexibility index (Phi) is 5.18. The summed E-state index contributed by atoms with van der Waals surface area (Å²) in [7, 11) is 0. The van der Waals surface area contributed by atoms with Crippen LogP contribution in [0.1, 0.15) is 19.4 Å². The van der Waals surface area contributed by atoms with Crippen LogP contribution in [0.25, 0.3) is 0 Å². The van der Waals surface area contributed by atoms with Crippen molar-refractivity contribution >= 4 is 27.5 Å². The predicted octanol–water partition coefficient (Wildman–Crippen LogP) is 2.81. The fraction of sp³-hybridized carbons (Fsp3) is 0.533. The minimum Gasteiger partial charge on any atom is -0.373 e. The molecular weight excluding hydrogens is 320 g/mol. The molecule has 0 aromatic heterocycles. The number of amides is 1. The van der Waals surface area contributed by atoms with Gasteiger partial charge in [-0.2, -0.15) is 0 Å². The molecule has 2 atom stereocenters. The average Bonchev–Trinajstić information content (AvgIpc) is 2.31. The van der Waals surface area contributed by atoms with E-state index in [0.717, 1.165) is 28.8 Å². The smallest absolute Gasteiger partial charge is 0.238 e. The van der Waals surface area contributed by atoms with E-state index in [1.165, 1.54) is 0 Å². The van der Waals surface area contributed by atoms with Gasteiger partial charge in [-0.15, -0.1) is 0 Å². The first-order valence-electron chi connectivity index (χ1n) is 6.88. The number of rotatable bonds is 3. The van der Waals surface area contributed by atoms with E-state index in [-0.39, 0.29) is 18.1 Å². The summed E-state index contributed by atoms with van der Waals surface area (Å²) in [5.74, 6) is 0.0100. The van der Waals surface area contributed by atoms with E-state index in [9.17, 15) is 4.79 Å². The van der Waals surface area contributed by atoms with Crippen LogP contribution in [0.15, 0.2) is 22.7 Å². The number of hydrogen-bond acceptors (Lipinski definition) is 3. The third-order valence-corrected chi connectivity index (χ3v) is 3.92. The number of anilines is 1. The van der Waals surface area contributed by atoms with Crippen molar-refractivity contribution < 1.29 is 9.53 Å². The maximum Gasteiger partial charge on any atom is 0.238 e. The van der Waals surface area contributed by atoms with Crippen molar-refractivity contribution in [2.45, 2.75) is 33.0 Å². The molecule has 0 bridgehead atoms. The fourth-order valence-corrected chi connectivity index (χ4v) is 3.12. The number of aryl methyl sites for hydroxylation is 1. The van der Waals surface area contributed by atoms with Crippen LogP contribution >= 0.6 is 15.9 Å². The van der Waals surface area contributed by atoms with Crippen molar-refractivity contribution in [1.29, 1.82) is 0 Å². The second-order valence-electron chi connectivity index (χ2n) is 5.48. The van der Waals surface area contributed by atoms with Crippen LogP contribution in [0.5, 0.6) is 0 Å². The lowest BCUT2D eigenvalue weighted by Crippen LogP contribution is -2.48. The molecule has 1 amide bonds. The normalized spacial score (nSPS) is 23.6. The van der Waals surface area contributed by atoms with Crippen molar-refractivity contribution in [2.75, 3.05) is 25.0 Å². The highest BCUT2D eigenvalue weighted by Crippen LogP contribution is 2.23. The highest BCUT2D eigenvalue weighted by molar-refractivity contribution is 9.10. The molecule has 1 fully saturated rings. The van der Waals surface area contributed by atoms with Gasteiger partial charge in [-0.3, -0.25) is 9.69 Å². The largest absolute Gasteiger partial charge is 0.373 e. The molecule has 0 spiro atoms. The average molecular weight is 341 g/mol. The Hall–Kier alpha value is -0.910. The molecule has 0 radical (unpaired) electrons. The van der Waals surface area contributed by atoms with E-state index in [1.807, 2.05) is 39.0 Å². The number of nitrogens with zero attached hydrogens (tertiary/aromatic N) is 1. The first-order valence-corrected chi connectivity index (χ1v) is 7.67.